The Morgan fingerprint density at radius 3 is 2.71 bits per heavy atom. The third kappa shape index (κ3) is 3.95. The van der Waals surface area contributed by atoms with Gasteiger partial charge in [-0.3, -0.25) is 0 Å². The number of aromatic nitrogens is 1. The number of hydrogen-bond acceptors (Lipinski definition) is 4. The van der Waals surface area contributed by atoms with Crippen molar-refractivity contribution in [2.75, 3.05) is 11.9 Å². The van der Waals surface area contributed by atoms with Crippen LogP contribution in [0.25, 0.3) is 0 Å². The molecule has 0 aromatic carbocycles. The molecule has 0 radical (unpaired) electrons. The summed E-state index contributed by atoms with van der Waals surface area (Å²) in [7, 11) is -3.58. The van der Waals surface area contributed by atoms with E-state index in [1.165, 1.54) is 6.20 Å². The molecule has 2 rings (SSSR count). The summed E-state index contributed by atoms with van der Waals surface area (Å²) in [6.45, 7) is 7.01. The van der Waals surface area contributed by atoms with Crippen LogP contribution >= 0.6 is 0 Å². The molecule has 1 fully saturated rings. The summed E-state index contributed by atoms with van der Waals surface area (Å²) in [5.74, 6) is 1.21. The highest BCUT2D eigenvalue weighted by molar-refractivity contribution is 7.89. The standard InChI is InChI=1S/C15H25N3O2S/c1-4-16-14-6-5-9-17-15(14)21(19,20)18-13-8-7-11(2)12(3)10-13/h5-6,9,11-13,16,18H,4,7-8,10H2,1-3H3. The first-order valence-electron chi connectivity index (χ1n) is 7.65. The number of anilines is 1. The van der Waals surface area contributed by atoms with Crippen LogP contribution in [0.2, 0.25) is 0 Å². The van der Waals surface area contributed by atoms with Gasteiger partial charge in [-0.15, -0.1) is 0 Å². The molecule has 1 heterocycles. The lowest BCUT2D eigenvalue weighted by atomic mass is 9.79. The Kier molecular flexibility index (Phi) is 5.22. The number of nitrogens with one attached hydrogen (secondary N) is 2. The molecule has 118 valence electrons. The summed E-state index contributed by atoms with van der Waals surface area (Å²) in [4.78, 5) is 4.06. The maximum Gasteiger partial charge on any atom is 0.260 e. The molecular weight excluding hydrogens is 286 g/mol. The van der Waals surface area contributed by atoms with E-state index < -0.39 is 10.0 Å². The molecule has 0 aliphatic heterocycles. The molecule has 3 unspecified atom stereocenters. The Balaban J connectivity index is 2.15. The van der Waals surface area contributed by atoms with Crippen molar-refractivity contribution in [3.05, 3.63) is 18.3 Å². The predicted molar refractivity (Wildman–Crippen MR) is 84.7 cm³/mol. The fourth-order valence-corrected chi connectivity index (χ4v) is 4.25. The molecule has 0 spiro atoms. The first-order chi connectivity index (χ1) is 9.94. The molecule has 0 bridgehead atoms. The highest BCUT2D eigenvalue weighted by atomic mass is 32.2. The fraction of sp³-hybridized carbons (Fsp3) is 0.667. The van der Waals surface area contributed by atoms with Crippen molar-refractivity contribution in [1.29, 1.82) is 0 Å². The van der Waals surface area contributed by atoms with E-state index in [-0.39, 0.29) is 11.1 Å². The van der Waals surface area contributed by atoms with Crippen molar-refractivity contribution in [1.82, 2.24) is 9.71 Å². The second-order valence-electron chi connectivity index (χ2n) is 5.97. The highest BCUT2D eigenvalue weighted by Gasteiger charge is 2.29. The Bertz CT molecular complexity index is 574. The lowest BCUT2D eigenvalue weighted by molar-refractivity contribution is 0.242. The van der Waals surface area contributed by atoms with Gasteiger partial charge in [0.2, 0.25) is 0 Å². The summed E-state index contributed by atoms with van der Waals surface area (Å²) < 4.78 is 28.0. The van der Waals surface area contributed by atoms with Crippen molar-refractivity contribution >= 4 is 15.7 Å². The number of pyridine rings is 1. The van der Waals surface area contributed by atoms with Crippen molar-refractivity contribution in [2.45, 2.75) is 51.1 Å². The second kappa shape index (κ2) is 6.75. The molecule has 3 atom stereocenters. The van der Waals surface area contributed by atoms with E-state index in [9.17, 15) is 8.42 Å². The average molecular weight is 311 g/mol. The number of hydrogen-bond donors (Lipinski definition) is 2. The summed E-state index contributed by atoms with van der Waals surface area (Å²) in [6.07, 6.45) is 4.37. The largest absolute Gasteiger partial charge is 0.383 e. The van der Waals surface area contributed by atoms with Crippen LogP contribution in [0.4, 0.5) is 5.69 Å². The van der Waals surface area contributed by atoms with Gasteiger partial charge < -0.3 is 5.32 Å². The molecule has 21 heavy (non-hydrogen) atoms. The van der Waals surface area contributed by atoms with Gasteiger partial charge in [0.05, 0.1) is 5.69 Å². The number of nitrogens with zero attached hydrogens (tertiary/aromatic N) is 1. The molecule has 5 nitrogen and oxygen atoms in total. The third-order valence-electron chi connectivity index (χ3n) is 4.31. The average Bonchev–Trinajstić information content (AvgIpc) is 2.43. The Labute approximate surface area is 127 Å². The molecular formula is C15H25N3O2S. The topological polar surface area (TPSA) is 71.1 Å². The fourth-order valence-electron chi connectivity index (χ4n) is 2.86. The van der Waals surface area contributed by atoms with E-state index >= 15 is 0 Å². The van der Waals surface area contributed by atoms with E-state index in [1.54, 1.807) is 12.1 Å². The number of sulfonamides is 1. The normalized spacial score (nSPS) is 26.5. The van der Waals surface area contributed by atoms with E-state index in [2.05, 4.69) is 28.9 Å². The lowest BCUT2D eigenvalue weighted by Gasteiger charge is -2.32. The summed E-state index contributed by atoms with van der Waals surface area (Å²) in [5, 5.41) is 3.15. The molecule has 1 aliphatic carbocycles. The quantitative estimate of drug-likeness (QED) is 0.877. The van der Waals surface area contributed by atoms with Gasteiger partial charge in [0.15, 0.2) is 5.03 Å². The van der Waals surface area contributed by atoms with Gasteiger partial charge in [0.25, 0.3) is 10.0 Å². The van der Waals surface area contributed by atoms with E-state index in [0.29, 0.717) is 24.1 Å². The van der Waals surface area contributed by atoms with Crippen LogP contribution in [-0.2, 0) is 10.0 Å². The first kappa shape index (κ1) is 16.2. The number of rotatable bonds is 5. The van der Waals surface area contributed by atoms with E-state index in [4.69, 9.17) is 0 Å². The van der Waals surface area contributed by atoms with Gasteiger partial charge in [-0.1, -0.05) is 13.8 Å². The monoisotopic (exact) mass is 311 g/mol. The highest BCUT2D eigenvalue weighted by Crippen LogP contribution is 2.30. The summed E-state index contributed by atoms with van der Waals surface area (Å²) in [6, 6.07) is 3.50. The van der Waals surface area contributed by atoms with E-state index in [1.807, 2.05) is 6.92 Å². The Hall–Kier alpha value is -1.14. The third-order valence-corrected chi connectivity index (χ3v) is 5.79. The van der Waals surface area contributed by atoms with Crippen LogP contribution in [0, 0.1) is 11.8 Å². The van der Waals surface area contributed by atoms with Crippen LogP contribution < -0.4 is 10.0 Å². The predicted octanol–water partition coefficient (Wildman–Crippen LogP) is 2.62. The van der Waals surface area contributed by atoms with Crippen molar-refractivity contribution in [3.63, 3.8) is 0 Å². The smallest absolute Gasteiger partial charge is 0.260 e. The molecule has 1 aromatic rings. The van der Waals surface area contributed by atoms with Gasteiger partial charge in [-0.05, 0) is 50.2 Å². The maximum atomic E-state index is 12.6. The molecule has 0 amide bonds. The van der Waals surface area contributed by atoms with Crippen LogP contribution in [0.15, 0.2) is 23.4 Å². The molecule has 6 heteroatoms. The van der Waals surface area contributed by atoms with Crippen LogP contribution in [0.3, 0.4) is 0 Å². The zero-order valence-electron chi connectivity index (χ0n) is 13.0. The minimum atomic E-state index is -3.58. The van der Waals surface area contributed by atoms with Crippen LogP contribution in [0.5, 0.6) is 0 Å². The van der Waals surface area contributed by atoms with Gasteiger partial charge in [0, 0.05) is 18.8 Å². The minimum absolute atomic E-state index is 0.0117. The van der Waals surface area contributed by atoms with Crippen LogP contribution in [-0.4, -0.2) is 26.0 Å². The van der Waals surface area contributed by atoms with Crippen LogP contribution in [0.1, 0.15) is 40.0 Å². The molecule has 0 saturated heterocycles. The molecule has 2 N–H and O–H groups in total. The zero-order chi connectivity index (χ0) is 15.5. The maximum absolute atomic E-state index is 12.6. The first-order valence-corrected chi connectivity index (χ1v) is 9.13. The Morgan fingerprint density at radius 1 is 1.29 bits per heavy atom. The van der Waals surface area contributed by atoms with Gasteiger partial charge >= 0.3 is 0 Å². The summed E-state index contributed by atoms with van der Waals surface area (Å²) in [5.41, 5.74) is 0.560. The minimum Gasteiger partial charge on any atom is -0.383 e. The SMILES string of the molecule is CCNc1cccnc1S(=O)(=O)NC1CCC(C)C(C)C1. The van der Waals surface area contributed by atoms with E-state index in [0.717, 1.165) is 19.3 Å². The van der Waals surface area contributed by atoms with Crippen molar-refractivity contribution < 1.29 is 8.42 Å². The van der Waals surface area contributed by atoms with Crippen molar-refractivity contribution in [2.24, 2.45) is 11.8 Å². The van der Waals surface area contributed by atoms with Gasteiger partial charge in [-0.2, -0.15) is 0 Å². The zero-order valence-corrected chi connectivity index (χ0v) is 13.8. The van der Waals surface area contributed by atoms with Crippen molar-refractivity contribution in [3.8, 4) is 0 Å². The lowest BCUT2D eigenvalue weighted by Crippen LogP contribution is -2.40. The molecule has 1 saturated carbocycles. The second-order valence-corrected chi connectivity index (χ2v) is 7.60. The molecule has 1 aliphatic rings. The summed E-state index contributed by atoms with van der Waals surface area (Å²) >= 11 is 0. The van der Waals surface area contributed by atoms with Gasteiger partial charge in [-0.25, -0.2) is 18.1 Å². The molecule has 1 aromatic heterocycles. The van der Waals surface area contributed by atoms with Gasteiger partial charge in [0.1, 0.15) is 0 Å². The Morgan fingerprint density at radius 2 is 2.05 bits per heavy atom.